The molecule has 2 nitrogen and oxygen atoms in total. The minimum absolute atomic E-state index is 0.0415. The lowest BCUT2D eigenvalue weighted by molar-refractivity contribution is 0.279. The molecule has 2 heteroatoms. The summed E-state index contributed by atoms with van der Waals surface area (Å²) in [5.41, 5.74) is 2.03. The summed E-state index contributed by atoms with van der Waals surface area (Å²) in [6.45, 7) is 5.87. The molecule has 1 rings (SSSR count). The fraction of sp³-hybridized carbons (Fsp3) is 0.364. The van der Waals surface area contributed by atoms with Gasteiger partial charge in [-0.1, -0.05) is 18.2 Å². The van der Waals surface area contributed by atoms with E-state index in [0.717, 1.165) is 16.9 Å². The molecule has 0 saturated heterocycles. The number of para-hydroxylation sites is 1. The van der Waals surface area contributed by atoms with Crippen molar-refractivity contribution in [2.45, 2.75) is 12.8 Å². The molecule has 0 bridgehead atoms. The molecule has 0 aliphatic rings. The van der Waals surface area contributed by atoms with Crippen molar-refractivity contribution in [1.82, 2.24) is 0 Å². The van der Waals surface area contributed by atoms with Crippen molar-refractivity contribution in [3.63, 3.8) is 0 Å². The van der Waals surface area contributed by atoms with Crippen LogP contribution in [0.25, 0.3) is 0 Å². The summed E-state index contributed by atoms with van der Waals surface area (Å²) in [7, 11) is 1.63. The van der Waals surface area contributed by atoms with Crippen LogP contribution in [-0.2, 0) is 0 Å². The molecule has 0 fully saturated rings. The molecule has 1 atom stereocenters. The Morgan fingerprint density at radius 2 is 2.23 bits per heavy atom. The highest BCUT2D eigenvalue weighted by molar-refractivity contribution is 5.43. The van der Waals surface area contributed by atoms with E-state index in [4.69, 9.17) is 9.84 Å². The van der Waals surface area contributed by atoms with Gasteiger partial charge in [-0.05, 0) is 25.0 Å². The van der Waals surface area contributed by atoms with Gasteiger partial charge in [0, 0.05) is 5.92 Å². The lowest BCUT2D eigenvalue weighted by Crippen LogP contribution is -2.03. The van der Waals surface area contributed by atoms with Gasteiger partial charge in [-0.25, -0.2) is 0 Å². The molecule has 0 aliphatic heterocycles. The average Bonchev–Trinajstić information content (AvgIpc) is 2.16. The Labute approximate surface area is 79.2 Å². The van der Waals surface area contributed by atoms with Gasteiger partial charge in [0.05, 0.1) is 13.7 Å². The zero-order chi connectivity index (χ0) is 9.84. The van der Waals surface area contributed by atoms with Crippen LogP contribution in [-0.4, -0.2) is 18.8 Å². The third-order valence-electron chi connectivity index (χ3n) is 2.11. The second kappa shape index (κ2) is 4.28. The first-order chi connectivity index (χ1) is 6.20. The van der Waals surface area contributed by atoms with E-state index in [-0.39, 0.29) is 12.5 Å². The van der Waals surface area contributed by atoms with Crippen LogP contribution >= 0.6 is 0 Å². The summed E-state index contributed by atoms with van der Waals surface area (Å²) in [5.74, 6) is 0.714. The number of rotatable bonds is 3. The Balaban J connectivity index is 3.12. The molecular formula is C11H15O2. The Morgan fingerprint density at radius 3 is 2.77 bits per heavy atom. The summed E-state index contributed by atoms with van der Waals surface area (Å²) in [4.78, 5) is 0. The SMILES string of the molecule is [CH2]C(CO)c1cccc(C)c1OC. The third kappa shape index (κ3) is 2.01. The van der Waals surface area contributed by atoms with Gasteiger partial charge in [0.15, 0.2) is 0 Å². The molecule has 13 heavy (non-hydrogen) atoms. The van der Waals surface area contributed by atoms with Crippen LogP contribution in [0.15, 0.2) is 18.2 Å². The van der Waals surface area contributed by atoms with Crippen molar-refractivity contribution in [3.05, 3.63) is 36.2 Å². The summed E-state index contributed by atoms with van der Waals surface area (Å²) in [5, 5.41) is 8.98. The highest BCUT2D eigenvalue weighted by atomic mass is 16.5. The van der Waals surface area contributed by atoms with Crippen molar-refractivity contribution < 1.29 is 9.84 Å². The maximum atomic E-state index is 8.98. The van der Waals surface area contributed by atoms with Crippen LogP contribution in [0.1, 0.15) is 17.0 Å². The van der Waals surface area contributed by atoms with Gasteiger partial charge in [-0.15, -0.1) is 0 Å². The van der Waals surface area contributed by atoms with E-state index in [2.05, 4.69) is 6.92 Å². The first-order valence-corrected chi connectivity index (χ1v) is 4.28. The predicted molar refractivity (Wildman–Crippen MR) is 52.9 cm³/mol. The molecule has 1 unspecified atom stereocenters. The quantitative estimate of drug-likeness (QED) is 0.768. The number of hydrogen-bond acceptors (Lipinski definition) is 2. The van der Waals surface area contributed by atoms with Crippen molar-refractivity contribution in [2.24, 2.45) is 0 Å². The Bertz CT molecular complexity index is 281. The molecule has 0 spiro atoms. The Kier molecular flexibility index (Phi) is 3.32. The summed E-state index contributed by atoms with van der Waals surface area (Å²) in [6, 6.07) is 5.85. The lowest BCUT2D eigenvalue weighted by atomic mass is 9.99. The number of hydrogen-bond donors (Lipinski definition) is 1. The van der Waals surface area contributed by atoms with E-state index >= 15 is 0 Å². The molecule has 1 radical (unpaired) electrons. The molecule has 1 aromatic rings. The van der Waals surface area contributed by atoms with Gasteiger partial charge in [0.1, 0.15) is 5.75 Å². The van der Waals surface area contributed by atoms with Gasteiger partial charge in [0.2, 0.25) is 0 Å². The van der Waals surface area contributed by atoms with Crippen molar-refractivity contribution >= 4 is 0 Å². The second-order valence-corrected chi connectivity index (χ2v) is 3.08. The molecule has 0 saturated carbocycles. The third-order valence-corrected chi connectivity index (χ3v) is 2.11. The normalized spacial score (nSPS) is 12.6. The van der Waals surface area contributed by atoms with Crippen LogP contribution in [0.4, 0.5) is 0 Å². The van der Waals surface area contributed by atoms with Crippen molar-refractivity contribution in [3.8, 4) is 5.75 Å². The molecule has 0 heterocycles. The molecular weight excluding hydrogens is 164 g/mol. The van der Waals surface area contributed by atoms with E-state index in [0.29, 0.717) is 0 Å². The minimum Gasteiger partial charge on any atom is -0.496 e. The van der Waals surface area contributed by atoms with E-state index in [9.17, 15) is 0 Å². The Hall–Kier alpha value is -1.02. The maximum absolute atomic E-state index is 8.98. The van der Waals surface area contributed by atoms with Crippen molar-refractivity contribution in [1.29, 1.82) is 0 Å². The topological polar surface area (TPSA) is 29.5 Å². The number of aliphatic hydroxyl groups is 1. The fourth-order valence-electron chi connectivity index (χ4n) is 1.37. The Morgan fingerprint density at radius 1 is 1.54 bits per heavy atom. The second-order valence-electron chi connectivity index (χ2n) is 3.08. The zero-order valence-electron chi connectivity index (χ0n) is 8.08. The van der Waals surface area contributed by atoms with Crippen LogP contribution in [0.2, 0.25) is 0 Å². The zero-order valence-corrected chi connectivity index (χ0v) is 8.08. The first kappa shape index (κ1) is 10.1. The largest absolute Gasteiger partial charge is 0.496 e. The summed E-state index contributed by atoms with van der Waals surface area (Å²) >= 11 is 0. The average molecular weight is 179 g/mol. The molecule has 0 aliphatic carbocycles. The molecule has 1 aromatic carbocycles. The van der Waals surface area contributed by atoms with Gasteiger partial charge < -0.3 is 9.84 Å². The smallest absolute Gasteiger partial charge is 0.125 e. The minimum atomic E-state index is -0.116. The number of aryl methyl sites for hydroxylation is 1. The number of methoxy groups -OCH3 is 1. The van der Waals surface area contributed by atoms with Crippen LogP contribution in [0, 0.1) is 13.8 Å². The molecule has 0 aromatic heterocycles. The van der Waals surface area contributed by atoms with Crippen LogP contribution in [0.3, 0.4) is 0 Å². The van der Waals surface area contributed by atoms with E-state index in [1.807, 2.05) is 25.1 Å². The van der Waals surface area contributed by atoms with E-state index in [1.165, 1.54) is 0 Å². The van der Waals surface area contributed by atoms with Crippen LogP contribution < -0.4 is 4.74 Å². The lowest BCUT2D eigenvalue weighted by Gasteiger charge is -2.14. The number of ether oxygens (including phenoxy) is 1. The van der Waals surface area contributed by atoms with Gasteiger partial charge in [-0.2, -0.15) is 0 Å². The number of aliphatic hydroxyl groups excluding tert-OH is 1. The maximum Gasteiger partial charge on any atom is 0.125 e. The summed E-state index contributed by atoms with van der Waals surface area (Å²) in [6.07, 6.45) is 0. The monoisotopic (exact) mass is 179 g/mol. The predicted octanol–water partition coefficient (Wildman–Crippen LogP) is 1.91. The first-order valence-electron chi connectivity index (χ1n) is 4.28. The molecule has 1 N–H and O–H groups in total. The van der Waals surface area contributed by atoms with E-state index in [1.54, 1.807) is 7.11 Å². The standard InChI is InChI=1S/C11H15O2/c1-8-5-4-6-10(9(2)7-12)11(8)13-3/h4-6,9,12H,2,7H2,1,3H3. The fourth-order valence-corrected chi connectivity index (χ4v) is 1.37. The highest BCUT2D eigenvalue weighted by Crippen LogP contribution is 2.28. The summed E-state index contributed by atoms with van der Waals surface area (Å²) < 4.78 is 5.25. The number of benzene rings is 1. The van der Waals surface area contributed by atoms with Crippen molar-refractivity contribution in [2.75, 3.05) is 13.7 Å². The molecule has 71 valence electrons. The van der Waals surface area contributed by atoms with Gasteiger partial charge in [-0.3, -0.25) is 0 Å². The van der Waals surface area contributed by atoms with Gasteiger partial charge >= 0.3 is 0 Å². The molecule has 0 amide bonds. The van der Waals surface area contributed by atoms with Crippen LogP contribution in [0.5, 0.6) is 5.75 Å². The van der Waals surface area contributed by atoms with Gasteiger partial charge in [0.25, 0.3) is 0 Å². The highest BCUT2D eigenvalue weighted by Gasteiger charge is 2.11. The van der Waals surface area contributed by atoms with E-state index < -0.39 is 0 Å².